The molecule has 76 valence electrons. The maximum absolute atomic E-state index is 6.04. The average molecular weight is 294 g/mol. The average Bonchev–Trinajstić information content (AvgIpc) is 2.67. The van der Waals surface area contributed by atoms with Gasteiger partial charge in [-0.05, 0) is 31.6 Å². The number of rotatable bonds is 2. The molecule has 1 saturated carbocycles. The van der Waals surface area contributed by atoms with Crippen LogP contribution in [0, 0.1) is 5.92 Å². The SMILES string of the molecule is IC[C@@H]1CC[C@H](C2CCCCC2)O1. The van der Waals surface area contributed by atoms with Crippen molar-refractivity contribution in [3.8, 4) is 0 Å². The number of hydrogen-bond acceptors (Lipinski definition) is 1. The van der Waals surface area contributed by atoms with Crippen LogP contribution < -0.4 is 0 Å². The molecule has 13 heavy (non-hydrogen) atoms. The molecule has 0 aromatic carbocycles. The van der Waals surface area contributed by atoms with Crippen LogP contribution in [-0.4, -0.2) is 16.6 Å². The number of hydrogen-bond donors (Lipinski definition) is 0. The summed E-state index contributed by atoms with van der Waals surface area (Å²) in [6, 6.07) is 0. The molecule has 1 nitrogen and oxygen atoms in total. The van der Waals surface area contributed by atoms with Crippen LogP contribution in [0.25, 0.3) is 0 Å². The van der Waals surface area contributed by atoms with Crippen molar-refractivity contribution < 1.29 is 4.74 Å². The highest BCUT2D eigenvalue weighted by Gasteiger charge is 2.31. The number of halogens is 1. The summed E-state index contributed by atoms with van der Waals surface area (Å²) in [5.74, 6) is 0.904. The lowest BCUT2D eigenvalue weighted by molar-refractivity contribution is 0.0114. The van der Waals surface area contributed by atoms with Gasteiger partial charge >= 0.3 is 0 Å². The van der Waals surface area contributed by atoms with E-state index in [1.54, 1.807) is 0 Å². The molecule has 1 aliphatic heterocycles. The van der Waals surface area contributed by atoms with E-state index in [9.17, 15) is 0 Å². The van der Waals surface area contributed by atoms with Gasteiger partial charge in [0.2, 0.25) is 0 Å². The largest absolute Gasteiger partial charge is 0.374 e. The summed E-state index contributed by atoms with van der Waals surface area (Å²) in [4.78, 5) is 0. The van der Waals surface area contributed by atoms with Crippen molar-refractivity contribution in [1.29, 1.82) is 0 Å². The molecule has 2 fully saturated rings. The Morgan fingerprint density at radius 2 is 1.77 bits per heavy atom. The lowest BCUT2D eigenvalue weighted by Gasteiger charge is -2.27. The molecule has 2 rings (SSSR count). The standard InChI is InChI=1S/C11H19IO/c12-8-10-6-7-11(13-10)9-4-2-1-3-5-9/h9-11H,1-8H2/t10-,11+/m0/s1. The monoisotopic (exact) mass is 294 g/mol. The van der Waals surface area contributed by atoms with Crippen LogP contribution in [0.15, 0.2) is 0 Å². The normalized spacial score (nSPS) is 36.7. The van der Waals surface area contributed by atoms with Gasteiger partial charge in [-0.3, -0.25) is 0 Å². The molecule has 2 heteroatoms. The topological polar surface area (TPSA) is 9.23 Å². The zero-order valence-corrected chi connectivity index (χ0v) is 10.3. The summed E-state index contributed by atoms with van der Waals surface area (Å²) >= 11 is 2.45. The molecule has 1 saturated heterocycles. The van der Waals surface area contributed by atoms with Gasteiger partial charge in [0.25, 0.3) is 0 Å². The molecule has 0 amide bonds. The van der Waals surface area contributed by atoms with Crippen LogP contribution in [0.2, 0.25) is 0 Å². The summed E-state index contributed by atoms with van der Waals surface area (Å²) in [6.45, 7) is 0. The second-order valence-corrected chi connectivity index (χ2v) is 5.31. The Morgan fingerprint density at radius 3 is 2.38 bits per heavy atom. The fourth-order valence-electron chi connectivity index (χ4n) is 2.70. The zero-order chi connectivity index (χ0) is 9.10. The Morgan fingerprint density at radius 1 is 1.00 bits per heavy atom. The smallest absolute Gasteiger partial charge is 0.0669 e. The van der Waals surface area contributed by atoms with Crippen LogP contribution in [0.3, 0.4) is 0 Å². The van der Waals surface area contributed by atoms with E-state index < -0.39 is 0 Å². The van der Waals surface area contributed by atoms with Crippen molar-refractivity contribution in [3.63, 3.8) is 0 Å². The van der Waals surface area contributed by atoms with Gasteiger partial charge in [-0.1, -0.05) is 41.9 Å². The first kappa shape index (κ1) is 10.2. The summed E-state index contributed by atoms with van der Waals surface area (Å²) in [5.41, 5.74) is 0. The van der Waals surface area contributed by atoms with Crippen LogP contribution in [-0.2, 0) is 4.74 Å². The molecule has 0 N–H and O–H groups in total. The number of alkyl halides is 1. The molecular weight excluding hydrogens is 275 g/mol. The zero-order valence-electron chi connectivity index (χ0n) is 8.18. The molecule has 0 radical (unpaired) electrons. The first-order valence-corrected chi connectivity index (χ1v) is 7.14. The van der Waals surface area contributed by atoms with Gasteiger partial charge in [0.15, 0.2) is 0 Å². The summed E-state index contributed by atoms with van der Waals surface area (Å²) < 4.78 is 7.22. The van der Waals surface area contributed by atoms with Gasteiger partial charge in [-0.15, -0.1) is 0 Å². The minimum Gasteiger partial charge on any atom is -0.374 e. The Kier molecular flexibility index (Phi) is 3.90. The fourth-order valence-corrected chi connectivity index (χ4v) is 3.35. The first-order chi connectivity index (χ1) is 6.40. The second kappa shape index (κ2) is 4.96. The van der Waals surface area contributed by atoms with E-state index in [0.29, 0.717) is 12.2 Å². The Bertz CT molecular complexity index is 154. The van der Waals surface area contributed by atoms with E-state index in [4.69, 9.17) is 4.74 Å². The van der Waals surface area contributed by atoms with Gasteiger partial charge in [0.1, 0.15) is 0 Å². The third kappa shape index (κ3) is 2.58. The number of ether oxygens (including phenoxy) is 1. The van der Waals surface area contributed by atoms with Gasteiger partial charge < -0.3 is 4.74 Å². The van der Waals surface area contributed by atoms with Crippen molar-refractivity contribution in [2.45, 2.75) is 57.2 Å². The molecule has 0 aromatic rings. The summed E-state index contributed by atoms with van der Waals surface area (Å²) in [7, 11) is 0. The molecule has 1 aliphatic carbocycles. The van der Waals surface area contributed by atoms with E-state index in [-0.39, 0.29) is 0 Å². The van der Waals surface area contributed by atoms with Crippen LogP contribution in [0.1, 0.15) is 44.9 Å². The predicted octanol–water partition coefficient (Wildman–Crippen LogP) is 3.55. The van der Waals surface area contributed by atoms with Crippen LogP contribution in [0.5, 0.6) is 0 Å². The first-order valence-electron chi connectivity index (χ1n) is 5.61. The van der Waals surface area contributed by atoms with Gasteiger partial charge in [-0.2, -0.15) is 0 Å². The Labute approximate surface area is 94.8 Å². The van der Waals surface area contributed by atoms with Crippen molar-refractivity contribution in [2.75, 3.05) is 4.43 Å². The molecular formula is C11H19IO. The minimum absolute atomic E-state index is 0.576. The molecule has 0 unspecified atom stereocenters. The van der Waals surface area contributed by atoms with Crippen molar-refractivity contribution in [1.82, 2.24) is 0 Å². The lowest BCUT2D eigenvalue weighted by atomic mass is 9.84. The van der Waals surface area contributed by atoms with Crippen molar-refractivity contribution >= 4 is 22.6 Å². The predicted molar refractivity (Wildman–Crippen MR) is 63.4 cm³/mol. The third-order valence-corrected chi connectivity index (χ3v) is 4.47. The van der Waals surface area contributed by atoms with Crippen molar-refractivity contribution in [3.05, 3.63) is 0 Å². The molecule has 2 atom stereocenters. The molecule has 0 spiro atoms. The maximum Gasteiger partial charge on any atom is 0.0669 e. The molecule has 2 aliphatic rings. The Balaban J connectivity index is 1.80. The van der Waals surface area contributed by atoms with E-state index in [2.05, 4.69) is 22.6 Å². The molecule has 0 aromatic heterocycles. The van der Waals surface area contributed by atoms with Crippen LogP contribution in [0.4, 0.5) is 0 Å². The van der Waals surface area contributed by atoms with E-state index >= 15 is 0 Å². The lowest BCUT2D eigenvalue weighted by Crippen LogP contribution is -2.23. The van der Waals surface area contributed by atoms with Gasteiger partial charge in [0.05, 0.1) is 12.2 Å². The highest BCUT2D eigenvalue weighted by Crippen LogP contribution is 2.34. The summed E-state index contributed by atoms with van der Waals surface area (Å²) in [6.07, 6.45) is 11.0. The quantitative estimate of drug-likeness (QED) is 0.559. The third-order valence-electron chi connectivity index (χ3n) is 3.49. The molecule has 1 heterocycles. The highest BCUT2D eigenvalue weighted by atomic mass is 127. The van der Waals surface area contributed by atoms with Crippen molar-refractivity contribution in [2.24, 2.45) is 5.92 Å². The molecule has 0 bridgehead atoms. The van der Waals surface area contributed by atoms with E-state index in [1.807, 2.05) is 0 Å². The summed E-state index contributed by atoms with van der Waals surface area (Å²) in [5, 5.41) is 0. The van der Waals surface area contributed by atoms with Gasteiger partial charge in [-0.25, -0.2) is 0 Å². The highest BCUT2D eigenvalue weighted by molar-refractivity contribution is 14.1. The van der Waals surface area contributed by atoms with E-state index in [1.165, 1.54) is 49.4 Å². The fraction of sp³-hybridized carbons (Fsp3) is 1.00. The van der Waals surface area contributed by atoms with E-state index in [0.717, 1.165) is 5.92 Å². The van der Waals surface area contributed by atoms with Gasteiger partial charge in [0, 0.05) is 4.43 Å². The Hall–Kier alpha value is 0.690. The van der Waals surface area contributed by atoms with Crippen LogP contribution >= 0.6 is 22.6 Å². The maximum atomic E-state index is 6.04. The minimum atomic E-state index is 0.576. The second-order valence-electron chi connectivity index (χ2n) is 4.43.